The molecule has 1 N–H and O–H groups in total. The van der Waals surface area contributed by atoms with Crippen LogP contribution in [0, 0.1) is 0 Å². The van der Waals surface area contributed by atoms with E-state index < -0.39 is 0 Å². The number of hydrogen-bond donors (Lipinski definition) is 1. The molecule has 0 bridgehead atoms. The molecule has 0 radical (unpaired) electrons. The fraction of sp³-hybridized carbons (Fsp3) is 0.231. The zero-order valence-corrected chi connectivity index (χ0v) is 10.7. The van der Waals surface area contributed by atoms with Gasteiger partial charge in [-0.1, -0.05) is 23.4 Å². The molecule has 0 aliphatic carbocycles. The quantitative estimate of drug-likeness (QED) is 0.678. The van der Waals surface area contributed by atoms with Crippen LogP contribution in [-0.4, -0.2) is 26.9 Å². The van der Waals surface area contributed by atoms with Crippen LogP contribution in [0.2, 0.25) is 0 Å². The average Bonchev–Trinajstić information content (AvgIpc) is 3.16. The second kappa shape index (κ2) is 6.07. The van der Waals surface area contributed by atoms with Crippen LogP contribution >= 0.6 is 0 Å². The van der Waals surface area contributed by atoms with Crippen molar-refractivity contribution >= 4 is 0 Å². The van der Waals surface area contributed by atoms with Gasteiger partial charge in [0.2, 0.25) is 18.2 Å². The van der Waals surface area contributed by atoms with Crippen molar-refractivity contribution in [3.8, 4) is 11.5 Å². The van der Waals surface area contributed by atoms with Crippen molar-refractivity contribution in [2.75, 3.05) is 6.54 Å². The molecule has 20 heavy (non-hydrogen) atoms. The Morgan fingerprint density at radius 3 is 2.80 bits per heavy atom. The molecule has 0 fully saturated rings. The Labute approximate surface area is 115 Å². The summed E-state index contributed by atoms with van der Waals surface area (Å²) >= 11 is 0. The molecule has 0 saturated heterocycles. The molecule has 0 saturated carbocycles. The number of benzene rings is 1. The van der Waals surface area contributed by atoms with Crippen molar-refractivity contribution in [1.82, 2.24) is 25.7 Å². The van der Waals surface area contributed by atoms with Gasteiger partial charge in [0.1, 0.15) is 0 Å². The molecule has 102 valence electrons. The molecule has 0 unspecified atom stereocenters. The zero-order chi connectivity index (χ0) is 13.6. The average molecular weight is 271 g/mol. The highest BCUT2D eigenvalue weighted by atomic mass is 16.5. The maximum atomic E-state index is 5.57. The summed E-state index contributed by atoms with van der Waals surface area (Å²) < 4.78 is 10.2. The fourth-order valence-electron chi connectivity index (χ4n) is 1.72. The van der Waals surface area contributed by atoms with Gasteiger partial charge in [-0.3, -0.25) is 0 Å². The van der Waals surface area contributed by atoms with Crippen LogP contribution in [0.1, 0.15) is 11.7 Å². The first-order valence-corrected chi connectivity index (χ1v) is 6.25. The van der Waals surface area contributed by atoms with E-state index in [-0.39, 0.29) is 0 Å². The third-order valence-corrected chi connectivity index (χ3v) is 2.70. The number of hydrogen-bond acceptors (Lipinski definition) is 7. The summed E-state index contributed by atoms with van der Waals surface area (Å²) in [7, 11) is 0. The molecular formula is C13H13N5O2. The van der Waals surface area contributed by atoms with E-state index in [2.05, 4.69) is 30.2 Å². The van der Waals surface area contributed by atoms with E-state index >= 15 is 0 Å². The number of aromatic nitrogens is 4. The molecule has 7 nitrogen and oxygen atoms in total. The van der Waals surface area contributed by atoms with E-state index in [1.807, 2.05) is 30.3 Å². The molecule has 3 aromatic rings. The largest absolute Gasteiger partial charge is 0.419 e. The molecule has 0 aliphatic rings. The normalized spacial score (nSPS) is 10.8. The van der Waals surface area contributed by atoms with Crippen molar-refractivity contribution in [1.29, 1.82) is 0 Å². The summed E-state index contributed by atoms with van der Waals surface area (Å²) in [6.07, 6.45) is 2.01. The molecule has 1 aromatic carbocycles. The summed E-state index contributed by atoms with van der Waals surface area (Å²) in [5, 5.41) is 14.9. The van der Waals surface area contributed by atoms with Gasteiger partial charge in [-0.2, -0.15) is 4.98 Å². The van der Waals surface area contributed by atoms with Crippen LogP contribution in [0.4, 0.5) is 0 Å². The lowest BCUT2D eigenvalue weighted by Gasteiger charge is -1.98. The minimum atomic E-state index is 0.512. The van der Waals surface area contributed by atoms with Crippen molar-refractivity contribution < 1.29 is 8.94 Å². The van der Waals surface area contributed by atoms with Crippen LogP contribution in [0.15, 0.2) is 45.7 Å². The molecule has 2 heterocycles. The highest BCUT2D eigenvalue weighted by molar-refractivity contribution is 5.51. The zero-order valence-electron chi connectivity index (χ0n) is 10.7. The summed E-state index contributed by atoms with van der Waals surface area (Å²) in [6, 6.07) is 9.67. The highest BCUT2D eigenvalue weighted by Gasteiger charge is 2.07. The van der Waals surface area contributed by atoms with Crippen molar-refractivity contribution in [2.24, 2.45) is 0 Å². The van der Waals surface area contributed by atoms with Crippen LogP contribution in [-0.2, 0) is 13.0 Å². The minimum absolute atomic E-state index is 0.512. The first kappa shape index (κ1) is 12.5. The SMILES string of the molecule is c1ccc(-c2nnc(CNCCc3ncon3)o2)cc1. The molecule has 0 amide bonds. The number of nitrogens with one attached hydrogen (secondary N) is 1. The predicted octanol–water partition coefficient (Wildman–Crippen LogP) is 1.45. The maximum Gasteiger partial charge on any atom is 0.247 e. The Morgan fingerprint density at radius 1 is 1.10 bits per heavy atom. The van der Waals surface area contributed by atoms with Gasteiger partial charge in [-0.15, -0.1) is 10.2 Å². The standard InChI is InChI=1S/C13H13N5O2/c1-2-4-10(5-3-1)13-17-16-12(20-13)8-14-7-6-11-15-9-19-18-11/h1-5,9,14H,6-8H2. The Morgan fingerprint density at radius 2 is 2.00 bits per heavy atom. The molecule has 7 heteroatoms. The second-order valence-corrected chi connectivity index (χ2v) is 4.14. The van der Waals surface area contributed by atoms with Crippen LogP contribution < -0.4 is 5.32 Å². The minimum Gasteiger partial charge on any atom is -0.419 e. The van der Waals surface area contributed by atoms with Gasteiger partial charge in [0.25, 0.3) is 0 Å². The summed E-state index contributed by atoms with van der Waals surface area (Å²) in [4.78, 5) is 3.94. The van der Waals surface area contributed by atoms with E-state index in [0.717, 1.165) is 5.56 Å². The van der Waals surface area contributed by atoms with E-state index in [4.69, 9.17) is 4.42 Å². The van der Waals surface area contributed by atoms with Crippen molar-refractivity contribution in [3.63, 3.8) is 0 Å². The van der Waals surface area contributed by atoms with Gasteiger partial charge in [0.05, 0.1) is 6.54 Å². The third-order valence-electron chi connectivity index (χ3n) is 2.70. The van der Waals surface area contributed by atoms with E-state index in [1.54, 1.807) is 0 Å². The smallest absolute Gasteiger partial charge is 0.247 e. The predicted molar refractivity (Wildman–Crippen MR) is 69.4 cm³/mol. The lowest BCUT2D eigenvalue weighted by Crippen LogP contribution is -2.17. The van der Waals surface area contributed by atoms with E-state index in [1.165, 1.54) is 6.39 Å². The first-order valence-electron chi connectivity index (χ1n) is 6.25. The van der Waals surface area contributed by atoms with Gasteiger partial charge in [0, 0.05) is 18.5 Å². The van der Waals surface area contributed by atoms with Crippen molar-refractivity contribution in [3.05, 3.63) is 48.4 Å². The van der Waals surface area contributed by atoms with Crippen LogP contribution in [0.5, 0.6) is 0 Å². The Bertz CT molecular complexity index is 636. The second-order valence-electron chi connectivity index (χ2n) is 4.14. The summed E-state index contributed by atoms with van der Waals surface area (Å²) in [5.74, 6) is 1.76. The van der Waals surface area contributed by atoms with Crippen LogP contribution in [0.3, 0.4) is 0 Å². The van der Waals surface area contributed by atoms with Gasteiger partial charge in [0.15, 0.2) is 5.82 Å². The van der Waals surface area contributed by atoms with E-state index in [0.29, 0.717) is 37.1 Å². The third kappa shape index (κ3) is 3.07. The Hall–Kier alpha value is -2.54. The first-order chi connectivity index (χ1) is 9.92. The Balaban J connectivity index is 1.50. The molecule has 3 rings (SSSR count). The van der Waals surface area contributed by atoms with Crippen molar-refractivity contribution in [2.45, 2.75) is 13.0 Å². The monoisotopic (exact) mass is 271 g/mol. The topological polar surface area (TPSA) is 89.9 Å². The summed E-state index contributed by atoms with van der Waals surface area (Å²) in [6.45, 7) is 1.22. The lowest BCUT2D eigenvalue weighted by molar-refractivity contribution is 0.408. The van der Waals surface area contributed by atoms with E-state index in [9.17, 15) is 0 Å². The van der Waals surface area contributed by atoms with Gasteiger partial charge in [-0.25, -0.2) is 0 Å². The number of rotatable bonds is 6. The molecule has 2 aromatic heterocycles. The van der Waals surface area contributed by atoms with Gasteiger partial charge >= 0.3 is 0 Å². The highest BCUT2D eigenvalue weighted by Crippen LogP contribution is 2.16. The molecule has 0 aliphatic heterocycles. The molecule has 0 atom stereocenters. The van der Waals surface area contributed by atoms with Gasteiger partial charge < -0.3 is 14.3 Å². The van der Waals surface area contributed by atoms with Crippen LogP contribution in [0.25, 0.3) is 11.5 Å². The lowest BCUT2D eigenvalue weighted by atomic mass is 10.2. The molecular weight excluding hydrogens is 258 g/mol. The number of nitrogens with zero attached hydrogens (tertiary/aromatic N) is 4. The summed E-state index contributed by atoms with van der Waals surface area (Å²) in [5.41, 5.74) is 0.915. The van der Waals surface area contributed by atoms with Gasteiger partial charge in [-0.05, 0) is 12.1 Å². The Kier molecular flexibility index (Phi) is 3.79. The fourth-order valence-corrected chi connectivity index (χ4v) is 1.72. The molecule has 0 spiro atoms. The maximum absolute atomic E-state index is 5.57.